The average Bonchev–Trinajstić information content (AvgIpc) is 2.70. The van der Waals surface area contributed by atoms with Gasteiger partial charge in [0, 0.05) is 30.4 Å². The number of benzene rings is 2. The summed E-state index contributed by atoms with van der Waals surface area (Å²) < 4.78 is 5.46. The van der Waals surface area contributed by atoms with Gasteiger partial charge >= 0.3 is 0 Å². The van der Waals surface area contributed by atoms with Crippen LogP contribution < -0.4 is 10.2 Å². The lowest BCUT2D eigenvalue weighted by Gasteiger charge is -2.28. The number of phenols is 1. The monoisotopic (exact) mass is 362 g/mol. The van der Waals surface area contributed by atoms with Crippen LogP contribution in [0, 0.1) is 6.92 Å². The summed E-state index contributed by atoms with van der Waals surface area (Å²) in [5, 5.41) is 13.2. The third-order valence-electron chi connectivity index (χ3n) is 4.48. The van der Waals surface area contributed by atoms with Gasteiger partial charge in [-0.15, -0.1) is 0 Å². The number of anilines is 3. The zero-order valence-electron chi connectivity index (χ0n) is 15.2. The van der Waals surface area contributed by atoms with Crippen molar-refractivity contribution < 1.29 is 9.84 Å². The molecule has 0 atom stereocenters. The molecule has 2 N–H and O–H groups in total. The molecule has 2 heterocycles. The van der Waals surface area contributed by atoms with Crippen molar-refractivity contribution in [1.29, 1.82) is 0 Å². The second-order valence-corrected chi connectivity index (χ2v) is 6.58. The highest BCUT2D eigenvalue weighted by Crippen LogP contribution is 2.27. The van der Waals surface area contributed by atoms with E-state index in [4.69, 9.17) is 9.72 Å². The van der Waals surface area contributed by atoms with E-state index in [0.29, 0.717) is 24.9 Å². The Bertz CT molecular complexity index is 922. The summed E-state index contributed by atoms with van der Waals surface area (Å²) >= 11 is 0. The van der Waals surface area contributed by atoms with Gasteiger partial charge in [-0.2, -0.15) is 0 Å². The molecule has 1 aromatic heterocycles. The minimum atomic E-state index is 0.195. The van der Waals surface area contributed by atoms with Gasteiger partial charge in [-0.1, -0.05) is 29.8 Å². The Morgan fingerprint density at radius 3 is 2.52 bits per heavy atom. The van der Waals surface area contributed by atoms with Gasteiger partial charge < -0.3 is 20.1 Å². The third kappa shape index (κ3) is 4.17. The molecular formula is C21H22N4O2. The van der Waals surface area contributed by atoms with Crippen LogP contribution in [0.15, 0.2) is 54.6 Å². The van der Waals surface area contributed by atoms with E-state index in [9.17, 15) is 5.11 Å². The van der Waals surface area contributed by atoms with Crippen LogP contribution in [-0.4, -0.2) is 41.4 Å². The van der Waals surface area contributed by atoms with Gasteiger partial charge in [0.2, 0.25) is 0 Å². The minimum Gasteiger partial charge on any atom is -0.508 e. The summed E-state index contributed by atoms with van der Waals surface area (Å²) in [7, 11) is 0. The van der Waals surface area contributed by atoms with Crippen LogP contribution in [0.2, 0.25) is 0 Å². The second-order valence-electron chi connectivity index (χ2n) is 6.58. The zero-order chi connectivity index (χ0) is 18.6. The normalized spacial score (nSPS) is 14.2. The number of nitrogens with zero attached hydrogens (tertiary/aromatic N) is 3. The topological polar surface area (TPSA) is 70.5 Å². The van der Waals surface area contributed by atoms with Gasteiger partial charge in [-0.25, -0.2) is 9.97 Å². The summed E-state index contributed by atoms with van der Waals surface area (Å²) in [5.41, 5.74) is 2.95. The van der Waals surface area contributed by atoms with E-state index >= 15 is 0 Å². The minimum absolute atomic E-state index is 0.195. The van der Waals surface area contributed by atoms with Crippen molar-refractivity contribution in [3.63, 3.8) is 0 Å². The van der Waals surface area contributed by atoms with Crippen LogP contribution in [0.3, 0.4) is 0 Å². The Kier molecular flexibility index (Phi) is 4.89. The van der Waals surface area contributed by atoms with Crippen molar-refractivity contribution in [2.45, 2.75) is 6.92 Å². The van der Waals surface area contributed by atoms with Crippen LogP contribution in [-0.2, 0) is 4.74 Å². The van der Waals surface area contributed by atoms with Crippen molar-refractivity contribution in [3.05, 3.63) is 60.2 Å². The Balaban J connectivity index is 1.72. The Labute approximate surface area is 158 Å². The summed E-state index contributed by atoms with van der Waals surface area (Å²) in [6, 6.07) is 17.1. The smallest absolute Gasteiger partial charge is 0.164 e. The molecule has 138 valence electrons. The summed E-state index contributed by atoms with van der Waals surface area (Å²) in [6.45, 7) is 5.02. The molecule has 0 aliphatic carbocycles. The molecule has 27 heavy (non-hydrogen) atoms. The first-order valence-corrected chi connectivity index (χ1v) is 9.02. The van der Waals surface area contributed by atoms with Crippen LogP contribution in [0.5, 0.6) is 5.75 Å². The predicted molar refractivity (Wildman–Crippen MR) is 107 cm³/mol. The molecule has 6 heteroatoms. The number of nitrogens with one attached hydrogen (secondary N) is 1. The molecule has 0 saturated carbocycles. The number of phenolic OH excluding ortho intramolecular Hbond substituents is 1. The number of aromatic hydroxyl groups is 1. The summed E-state index contributed by atoms with van der Waals surface area (Å²) in [5.74, 6) is 2.33. The molecule has 1 fully saturated rings. The van der Waals surface area contributed by atoms with E-state index in [2.05, 4.69) is 34.3 Å². The maximum absolute atomic E-state index is 9.82. The van der Waals surface area contributed by atoms with E-state index in [-0.39, 0.29) is 5.75 Å². The number of aryl methyl sites for hydroxylation is 1. The first-order valence-electron chi connectivity index (χ1n) is 9.02. The van der Waals surface area contributed by atoms with Gasteiger partial charge in [0.25, 0.3) is 0 Å². The Hall–Kier alpha value is -3.12. The molecule has 1 saturated heterocycles. The lowest BCUT2D eigenvalue weighted by atomic mass is 10.2. The van der Waals surface area contributed by atoms with Gasteiger partial charge in [0.05, 0.1) is 13.2 Å². The number of hydrogen-bond acceptors (Lipinski definition) is 6. The van der Waals surface area contributed by atoms with E-state index in [1.54, 1.807) is 18.2 Å². The maximum atomic E-state index is 9.82. The molecule has 0 radical (unpaired) electrons. The van der Waals surface area contributed by atoms with E-state index in [0.717, 1.165) is 30.2 Å². The summed E-state index contributed by atoms with van der Waals surface area (Å²) in [4.78, 5) is 11.6. The maximum Gasteiger partial charge on any atom is 0.164 e. The van der Waals surface area contributed by atoms with Gasteiger partial charge in [0.15, 0.2) is 5.82 Å². The van der Waals surface area contributed by atoms with Crippen LogP contribution >= 0.6 is 0 Å². The van der Waals surface area contributed by atoms with Crippen molar-refractivity contribution in [2.24, 2.45) is 0 Å². The molecule has 3 aromatic rings. The second kappa shape index (κ2) is 7.63. The molecule has 1 aliphatic heterocycles. The largest absolute Gasteiger partial charge is 0.508 e. The van der Waals surface area contributed by atoms with Gasteiger partial charge in [-0.3, -0.25) is 0 Å². The molecule has 4 rings (SSSR count). The number of ether oxygens (including phenoxy) is 1. The van der Waals surface area contributed by atoms with E-state index in [1.165, 1.54) is 5.56 Å². The third-order valence-corrected chi connectivity index (χ3v) is 4.48. The first-order chi connectivity index (χ1) is 13.2. The zero-order valence-corrected chi connectivity index (χ0v) is 15.2. The van der Waals surface area contributed by atoms with Crippen LogP contribution in [0.4, 0.5) is 17.3 Å². The van der Waals surface area contributed by atoms with Gasteiger partial charge in [0.1, 0.15) is 17.4 Å². The average molecular weight is 362 g/mol. The fraction of sp³-hybridized carbons (Fsp3) is 0.238. The SMILES string of the molecule is Cc1ccc(Nc2cc(N3CCOCC3)nc(-c3cccc(O)c3)n2)cc1. The standard InChI is InChI=1S/C21H22N4O2/c1-15-5-7-17(8-6-15)22-19-14-20(25-9-11-27-12-10-25)24-21(23-19)16-3-2-4-18(26)13-16/h2-8,13-14,26H,9-12H2,1H3,(H,22,23,24). The highest BCUT2D eigenvalue weighted by Gasteiger charge is 2.16. The fourth-order valence-electron chi connectivity index (χ4n) is 3.01. The van der Waals surface area contributed by atoms with Crippen molar-refractivity contribution in [1.82, 2.24) is 9.97 Å². The predicted octanol–water partition coefficient (Wildman–Crippen LogP) is 3.74. The number of morpholine rings is 1. The fourth-order valence-corrected chi connectivity index (χ4v) is 3.01. The van der Waals surface area contributed by atoms with Crippen molar-refractivity contribution in [3.8, 4) is 17.1 Å². The van der Waals surface area contributed by atoms with E-state index < -0.39 is 0 Å². The summed E-state index contributed by atoms with van der Waals surface area (Å²) in [6.07, 6.45) is 0. The lowest BCUT2D eigenvalue weighted by molar-refractivity contribution is 0.122. The number of rotatable bonds is 4. The molecule has 0 unspecified atom stereocenters. The van der Waals surface area contributed by atoms with Gasteiger partial charge in [-0.05, 0) is 31.2 Å². The Morgan fingerprint density at radius 2 is 1.78 bits per heavy atom. The van der Waals surface area contributed by atoms with E-state index in [1.807, 2.05) is 24.3 Å². The highest BCUT2D eigenvalue weighted by atomic mass is 16.5. The first kappa shape index (κ1) is 17.3. The lowest BCUT2D eigenvalue weighted by Crippen LogP contribution is -2.36. The van der Waals surface area contributed by atoms with Crippen molar-refractivity contribution in [2.75, 3.05) is 36.5 Å². The molecule has 6 nitrogen and oxygen atoms in total. The number of hydrogen-bond donors (Lipinski definition) is 2. The van der Waals surface area contributed by atoms with Crippen LogP contribution in [0.25, 0.3) is 11.4 Å². The number of aromatic nitrogens is 2. The molecular weight excluding hydrogens is 340 g/mol. The highest BCUT2D eigenvalue weighted by molar-refractivity contribution is 5.66. The molecule has 2 aromatic carbocycles. The molecule has 0 spiro atoms. The molecule has 0 amide bonds. The Morgan fingerprint density at radius 1 is 1.00 bits per heavy atom. The molecule has 0 bridgehead atoms. The quantitative estimate of drug-likeness (QED) is 0.737. The van der Waals surface area contributed by atoms with Crippen molar-refractivity contribution >= 4 is 17.3 Å². The van der Waals surface area contributed by atoms with Crippen LogP contribution in [0.1, 0.15) is 5.56 Å². The molecule has 1 aliphatic rings.